The minimum Gasteiger partial charge on any atom is -0.462 e. The molecule has 108 valence electrons. The second kappa shape index (κ2) is 7.19. The van der Waals surface area contributed by atoms with E-state index >= 15 is 0 Å². The van der Waals surface area contributed by atoms with Gasteiger partial charge in [0, 0.05) is 6.21 Å². The van der Waals surface area contributed by atoms with Crippen LogP contribution in [-0.2, 0) is 4.74 Å². The molecule has 0 saturated carbocycles. The molecule has 0 saturated heterocycles. The maximum Gasteiger partial charge on any atom is 0.350 e. The van der Waals surface area contributed by atoms with Crippen molar-refractivity contribution in [3.63, 3.8) is 0 Å². The third-order valence-corrected chi connectivity index (χ3v) is 4.05. The molecule has 6 heteroatoms. The number of hydrogen-bond donors (Lipinski definition) is 1. The summed E-state index contributed by atoms with van der Waals surface area (Å²) in [6, 6.07) is 0. The number of ether oxygens (including phenoxy) is 1. The Bertz CT molecular complexity index is 522. The van der Waals surface area contributed by atoms with Gasteiger partial charge in [0.05, 0.1) is 12.3 Å². The summed E-state index contributed by atoms with van der Waals surface area (Å²) >= 11 is 1.27. The predicted octanol–water partition coefficient (Wildman–Crippen LogP) is 3.38. The number of aryl methyl sites for hydroxylation is 1. The average Bonchev–Trinajstić information content (AvgIpc) is 2.81. The van der Waals surface area contributed by atoms with Gasteiger partial charge in [0.2, 0.25) is 5.13 Å². The molecule has 1 aromatic heterocycles. The van der Waals surface area contributed by atoms with Gasteiger partial charge in [-0.3, -0.25) is 5.43 Å². The van der Waals surface area contributed by atoms with Crippen LogP contribution in [0.3, 0.4) is 0 Å². The largest absolute Gasteiger partial charge is 0.462 e. The molecule has 1 atom stereocenters. The van der Waals surface area contributed by atoms with Crippen LogP contribution in [0.5, 0.6) is 0 Å². The summed E-state index contributed by atoms with van der Waals surface area (Å²) in [7, 11) is 0. The Morgan fingerprint density at radius 1 is 1.65 bits per heavy atom. The van der Waals surface area contributed by atoms with Crippen LogP contribution in [0.4, 0.5) is 5.13 Å². The van der Waals surface area contributed by atoms with E-state index in [1.165, 1.54) is 11.3 Å². The van der Waals surface area contributed by atoms with E-state index in [4.69, 9.17) is 4.74 Å². The third kappa shape index (κ3) is 3.90. The fourth-order valence-electron chi connectivity index (χ4n) is 1.98. The first-order valence-electron chi connectivity index (χ1n) is 6.79. The molecule has 0 fully saturated rings. The highest BCUT2D eigenvalue weighted by Crippen LogP contribution is 2.23. The van der Waals surface area contributed by atoms with Crippen LogP contribution in [0, 0.1) is 12.8 Å². The Hall–Kier alpha value is -1.69. The highest BCUT2D eigenvalue weighted by Gasteiger charge is 2.16. The first-order valence-corrected chi connectivity index (χ1v) is 7.61. The lowest BCUT2D eigenvalue weighted by Gasteiger charge is -2.11. The molecule has 0 bridgehead atoms. The van der Waals surface area contributed by atoms with Crippen LogP contribution in [0.2, 0.25) is 0 Å². The summed E-state index contributed by atoms with van der Waals surface area (Å²) in [4.78, 5) is 16.5. The maximum absolute atomic E-state index is 11.7. The van der Waals surface area contributed by atoms with Crippen LogP contribution in [0.15, 0.2) is 17.3 Å². The van der Waals surface area contributed by atoms with Crippen LogP contribution >= 0.6 is 11.3 Å². The van der Waals surface area contributed by atoms with Gasteiger partial charge in [0.25, 0.3) is 0 Å². The second-order valence-corrected chi connectivity index (χ2v) is 5.59. The molecule has 0 amide bonds. The van der Waals surface area contributed by atoms with Crippen molar-refractivity contribution in [1.82, 2.24) is 4.98 Å². The summed E-state index contributed by atoms with van der Waals surface area (Å²) in [5, 5.41) is 4.83. The number of thiazole rings is 1. The monoisotopic (exact) mass is 293 g/mol. The number of carbonyl (C=O) groups excluding carboxylic acids is 1. The molecule has 1 aliphatic rings. The smallest absolute Gasteiger partial charge is 0.350 e. The number of nitrogens with one attached hydrogen (secondary N) is 1. The summed E-state index contributed by atoms with van der Waals surface area (Å²) in [5.74, 6) is 0.162. The number of nitrogens with zero attached hydrogens (tertiary/aromatic N) is 2. The topological polar surface area (TPSA) is 63.6 Å². The fraction of sp³-hybridized carbons (Fsp3) is 0.500. The summed E-state index contributed by atoms with van der Waals surface area (Å²) < 4.78 is 4.98. The number of hydrazone groups is 1. The van der Waals surface area contributed by atoms with Gasteiger partial charge in [-0.05, 0) is 39.0 Å². The number of anilines is 1. The van der Waals surface area contributed by atoms with Gasteiger partial charge in [-0.25, -0.2) is 9.78 Å². The zero-order valence-corrected chi connectivity index (χ0v) is 12.6. The minimum absolute atomic E-state index is 0.322. The van der Waals surface area contributed by atoms with E-state index in [2.05, 4.69) is 27.7 Å². The van der Waals surface area contributed by atoms with Crippen LogP contribution < -0.4 is 5.43 Å². The molecular weight excluding hydrogens is 274 g/mol. The lowest BCUT2D eigenvalue weighted by atomic mass is 9.96. The van der Waals surface area contributed by atoms with Crippen molar-refractivity contribution in [2.45, 2.75) is 33.1 Å². The number of carbonyl (C=O) groups is 1. The first-order chi connectivity index (χ1) is 9.70. The number of hydrogen-bond acceptors (Lipinski definition) is 6. The van der Waals surface area contributed by atoms with Crippen molar-refractivity contribution in [2.75, 3.05) is 12.0 Å². The van der Waals surface area contributed by atoms with Gasteiger partial charge >= 0.3 is 5.97 Å². The normalized spacial score (nSPS) is 18.4. The molecule has 0 spiro atoms. The Kier molecular flexibility index (Phi) is 5.29. The molecule has 1 aromatic rings. The molecule has 0 radical (unpaired) electrons. The molecule has 0 unspecified atom stereocenters. The van der Waals surface area contributed by atoms with Gasteiger partial charge in [-0.1, -0.05) is 23.5 Å². The number of esters is 1. The standard InChI is InChI=1S/C14H19N3O2S/c1-3-19-13(18)12-10(2)16-14(20-12)17-15-9-11-7-5-4-6-8-11/h4-5,9,11H,3,6-8H2,1-2H3,(H,16,17)/b15-9-/t11-/m1/s1. The van der Waals surface area contributed by atoms with Gasteiger partial charge in [0.1, 0.15) is 4.88 Å². The lowest BCUT2D eigenvalue weighted by molar-refractivity contribution is 0.0531. The average molecular weight is 293 g/mol. The van der Waals surface area contributed by atoms with E-state index in [1.54, 1.807) is 13.8 Å². The van der Waals surface area contributed by atoms with Crippen LogP contribution in [0.25, 0.3) is 0 Å². The molecule has 1 heterocycles. The Morgan fingerprint density at radius 2 is 2.50 bits per heavy atom. The molecular formula is C14H19N3O2S. The molecule has 0 aromatic carbocycles. The zero-order chi connectivity index (χ0) is 14.4. The second-order valence-electron chi connectivity index (χ2n) is 4.59. The Labute approximate surface area is 122 Å². The SMILES string of the molecule is CCOC(=O)c1sc(N/N=C\[C@@H]2CC=CCC2)nc1C. The quantitative estimate of drug-likeness (QED) is 0.391. The van der Waals surface area contributed by atoms with Gasteiger partial charge < -0.3 is 4.74 Å². The van der Waals surface area contributed by atoms with Crippen LogP contribution in [-0.4, -0.2) is 23.8 Å². The van der Waals surface area contributed by atoms with E-state index in [9.17, 15) is 4.79 Å². The highest BCUT2D eigenvalue weighted by atomic mass is 32.1. The van der Waals surface area contributed by atoms with E-state index < -0.39 is 0 Å². The Balaban J connectivity index is 1.93. The lowest BCUT2D eigenvalue weighted by Crippen LogP contribution is -2.04. The molecule has 1 aliphatic carbocycles. The third-order valence-electron chi connectivity index (χ3n) is 3.01. The van der Waals surface area contributed by atoms with Crippen molar-refractivity contribution < 1.29 is 9.53 Å². The van der Waals surface area contributed by atoms with E-state index in [0.29, 0.717) is 28.2 Å². The van der Waals surface area contributed by atoms with Crippen molar-refractivity contribution in [3.8, 4) is 0 Å². The summed E-state index contributed by atoms with van der Waals surface area (Å²) in [6.45, 7) is 3.95. The van der Waals surface area contributed by atoms with Crippen LogP contribution in [0.1, 0.15) is 41.6 Å². The summed E-state index contributed by atoms with van der Waals surface area (Å²) in [6.07, 6.45) is 9.59. The molecule has 2 rings (SSSR count). The fourth-order valence-corrected chi connectivity index (χ4v) is 2.79. The number of rotatable bonds is 5. The van der Waals surface area contributed by atoms with E-state index in [0.717, 1.165) is 19.3 Å². The van der Waals surface area contributed by atoms with Gasteiger partial charge in [-0.2, -0.15) is 5.10 Å². The highest BCUT2D eigenvalue weighted by molar-refractivity contribution is 7.17. The van der Waals surface area contributed by atoms with Crippen molar-refractivity contribution in [1.29, 1.82) is 0 Å². The zero-order valence-electron chi connectivity index (χ0n) is 11.8. The molecule has 1 N–H and O–H groups in total. The predicted molar refractivity (Wildman–Crippen MR) is 81.4 cm³/mol. The number of aromatic nitrogens is 1. The van der Waals surface area contributed by atoms with E-state index in [1.807, 2.05) is 6.21 Å². The minimum atomic E-state index is -0.322. The summed E-state index contributed by atoms with van der Waals surface area (Å²) in [5.41, 5.74) is 3.57. The Morgan fingerprint density at radius 3 is 3.20 bits per heavy atom. The number of allylic oxidation sites excluding steroid dienone is 2. The van der Waals surface area contributed by atoms with Crippen molar-refractivity contribution in [3.05, 3.63) is 22.7 Å². The van der Waals surface area contributed by atoms with E-state index in [-0.39, 0.29) is 5.97 Å². The van der Waals surface area contributed by atoms with Gasteiger partial charge in [0.15, 0.2) is 0 Å². The van der Waals surface area contributed by atoms with Crippen molar-refractivity contribution >= 4 is 28.7 Å². The van der Waals surface area contributed by atoms with Gasteiger partial charge in [-0.15, -0.1) is 0 Å². The first kappa shape index (κ1) is 14.7. The maximum atomic E-state index is 11.7. The van der Waals surface area contributed by atoms with Crippen molar-refractivity contribution in [2.24, 2.45) is 11.0 Å². The molecule has 5 nitrogen and oxygen atoms in total. The molecule has 0 aliphatic heterocycles. The molecule has 20 heavy (non-hydrogen) atoms.